The molecule has 0 fully saturated rings. The average Bonchev–Trinajstić information content (AvgIpc) is 2.93. The summed E-state index contributed by atoms with van der Waals surface area (Å²) >= 11 is 0. The van der Waals surface area contributed by atoms with E-state index in [-0.39, 0.29) is 23.5 Å². The molecule has 1 rings (SSSR count). The van der Waals surface area contributed by atoms with E-state index >= 15 is 0 Å². The first-order valence-corrected chi connectivity index (χ1v) is 14.8. The topological polar surface area (TPSA) is 113 Å². The van der Waals surface area contributed by atoms with Crippen LogP contribution >= 0.6 is 0 Å². The van der Waals surface area contributed by atoms with Gasteiger partial charge in [-0.25, -0.2) is 4.79 Å². The van der Waals surface area contributed by atoms with Gasteiger partial charge < -0.3 is 24.8 Å². The number of carbonyl (C=O) groups excluding carboxylic acids is 2. The molecule has 7 nitrogen and oxygen atoms in total. The van der Waals surface area contributed by atoms with Crippen LogP contribution in [0.5, 0.6) is 0 Å². The molecule has 0 spiro atoms. The summed E-state index contributed by atoms with van der Waals surface area (Å²) in [7, 11) is 1.51. The van der Waals surface area contributed by atoms with Crippen LogP contribution in [0.25, 0.3) is 0 Å². The Hall–Kier alpha value is -2.32. The van der Waals surface area contributed by atoms with Gasteiger partial charge in [-0.3, -0.25) is 4.79 Å². The molecule has 10 atom stereocenters. The Bertz CT molecular complexity index is 1000. The van der Waals surface area contributed by atoms with Crippen molar-refractivity contribution in [2.45, 2.75) is 106 Å². The number of methoxy groups -OCH3 is 1. The first-order chi connectivity index (χ1) is 19.1. The second-order valence-corrected chi connectivity index (χ2v) is 12.0. The summed E-state index contributed by atoms with van der Waals surface area (Å²) in [5.41, 5.74) is 2.28. The summed E-state index contributed by atoms with van der Waals surface area (Å²) in [5, 5.41) is 32.1. The average molecular weight is 575 g/mol. The Balaban J connectivity index is 3.41. The highest BCUT2D eigenvalue weighted by atomic mass is 16.6. The van der Waals surface area contributed by atoms with E-state index in [4.69, 9.17) is 9.47 Å². The van der Waals surface area contributed by atoms with Crippen LogP contribution in [-0.2, 0) is 19.1 Å². The molecule has 1 aliphatic heterocycles. The summed E-state index contributed by atoms with van der Waals surface area (Å²) in [5.74, 6) is -2.52. The molecule has 0 aromatic rings. The van der Waals surface area contributed by atoms with Gasteiger partial charge in [0.1, 0.15) is 12.2 Å². The minimum atomic E-state index is -1.13. The van der Waals surface area contributed by atoms with E-state index in [2.05, 4.69) is 0 Å². The number of ketones is 1. The van der Waals surface area contributed by atoms with Gasteiger partial charge in [0.25, 0.3) is 0 Å². The molecule has 0 amide bonds. The molecule has 0 bridgehead atoms. The molecule has 0 aromatic heterocycles. The Kier molecular flexibility index (Phi) is 15.8. The fourth-order valence-corrected chi connectivity index (χ4v) is 5.23. The number of cyclic esters (lactones) is 1. The van der Waals surface area contributed by atoms with Gasteiger partial charge in [0.2, 0.25) is 0 Å². The third-order valence-electron chi connectivity index (χ3n) is 8.19. The van der Waals surface area contributed by atoms with Crippen LogP contribution in [0, 0.1) is 29.6 Å². The lowest BCUT2D eigenvalue weighted by molar-refractivity contribution is -0.158. The monoisotopic (exact) mass is 574 g/mol. The smallest absolute Gasteiger partial charge is 0.334 e. The van der Waals surface area contributed by atoms with Gasteiger partial charge in [0.05, 0.1) is 18.3 Å². The zero-order valence-corrected chi connectivity index (χ0v) is 26.7. The maximum Gasteiger partial charge on any atom is 0.334 e. The van der Waals surface area contributed by atoms with Crippen molar-refractivity contribution in [3.05, 3.63) is 59.3 Å². The SMILES string of the molecule is CC[C@H](O)[C@@H](C)C=CC(=O)[C@@H](C)[C@H](O)[C@@H](C)[C@H]1OC(=O)C(C)=CC(C)=C[C@H](C)[C@@H](O)[C@@H](C)CC(C)=CC=C[C@H]1OC. The predicted octanol–water partition coefficient (Wildman–Crippen LogP) is 5.51. The predicted molar refractivity (Wildman–Crippen MR) is 164 cm³/mol. The van der Waals surface area contributed by atoms with Crippen LogP contribution in [-0.4, -0.2) is 64.7 Å². The molecule has 0 saturated heterocycles. The summed E-state index contributed by atoms with van der Waals surface area (Å²) < 4.78 is 11.7. The van der Waals surface area contributed by atoms with Gasteiger partial charge in [-0.1, -0.05) is 83.1 Å². The molecule has 0 saturated carbocycles. The van der Waals surface area contributed by atoms with E-state index in [1.54, 1.807) is 39.0 Å². The number of hydrogen-bond donors (Lipinski definition) is 3. The number of ether oxygens (including phenoxy) is 2. The highest BCUT2D eigenvalue weighted by Crippen LogP contribution is 2.27. The van der Waals surface area contributed by atoms with E-state index in [1.165, 1.54) is 13.2 Å². The Labute approximate surface area is 247 Å². The van der Waals surface area contributed by atoms with E-state index in [0.29, 0.717) is 18.4 Å². The lowest BCUT2D eigenvalue weighted by atomic mass is 9.84. The van der Waals surface area contributed by atoms with Crippen molar-refractivity contribution in [3.63, 3.8) is 0 Å². The van der Waals surface area contributed by atoms with Crippen LogP contribution in [0.3, 0.4) is 0 Å². The van der Waals surface area contributed by atoms with Crippen molar-refractivity contribution in [1.82, 2.24) is 0 Å². The normalized spacial score (nSPS) is 29.0. The van der Waals surface area contributed by atoms with Gasteiger partial charge in [-0.2, -0.15) is 0 Å². The molecular weight excluding hydrogens is 520 g/mol. The fraction of sp³-hybridized carbons (Fsp3) is 0.647. The van der Waals surface area contributed by atoms with E-state index in [1.807, 2.05) is 59.8 Å². The number of hydrogen-bond acceptors (Lipinski definition) is 7. The highest BCUT2D eigenvalue weighted by Gasteiger charge is 2.37. The first kappa shape index (κ1) is 36.7. The number of allylic oxidation sites excluding steroid dienone is 6. The summed E-state index contributed by atoms with van der Waals surface area (Å²) in [6.07, 6.45) is 9.82. The Morgan fingerprint density at radius 2 is 1.80 bits per heavy atom. The van der Waals surface area contributed by atoms with Crippen molar-refractivity contribution in [1.29, 1.82) is 0 Å². The molecule has 1 heterocycles. The Morgan fingerprint density at radius 3 is 2.39 bits per heavy atom. The van der Waals surface area contributed by atoms with Gasteiger partial charge >= 0.3 is 5.97 Å². The molecule has 232 valence electrons. The lowest BCUT2D eigenvalue weighted by Gasteiger charge is -2.33. The molecule has 0 aliphatic carbocycles. The maximum atomic E-state index is 13.2. The third-order valence-corrected chi connectivity index (χ3v) is 8.19. The van der Waals surface area contributed by atoms with E-state index < -0.39 is 48.3 Å². The van der Waals surface area contributed by atoms with E-state index in [9.17, 15) is 24.9 Å². The summed E-state index contributed by atoms with van der Waals surface area (Å²) in [4.78, 5) is 26.2. The second kappa shape index (κ2) is 17.6. The number of rotatable bonds is 9. The van der Waals surface area contributed by atoms with Gasteiger partial charge in [-0.15, -0.1) is 0 Å². The molecular formula is C34H54O7. The van der Waals surface area contributed by atoms with Crippen LogP contribution in [0.4, 0.5) is 0 Å². The number of aliphatic hydroxyl groups excluding tert-OH is 3. The maximum absolute atomic E-state index is 13.2. The standard InChI is InChI=1S/C34H54O7/c1-11-28(35)22(4)15-16-29(36)26(8)32(38)27(9)33-30(40-10)14-12-13-20(2)17-23(5)31(37)24(6)18-21(3)19-25(7)34(39)41-33/h12-16,18-19,22-24,26-28,30-33,35,37-38H,11,17H2,1-10H3/t22-,23-,24-,26+,27+,28-,30+,31-,32-,33+/m0/s1. The van der Waals surface area contributed by atoms with Crippen LogP contribution in [0.1, 0.15) is 75.2 Å². The van der Waals surface area contributed by atoms with Crippen molar-refractivity contribution in [2.24, 2.45) is 29.6 Å². The molecule has 0 unspecified atom stereocenters. The number of carbonyl (C=O) groups is 2. The zero-order valence-electron chi connectivity index (χ0n) is 26.7. The fourth-order valence-electron chi connectivity index (χ4n) is 5.23. The van der Waals surface area contributed by atoms with Crippen LogP contribution in [0.15, 0.2) is 59.3 Å². The number of aliphatic hydroxyl groups is 3. The van der Waals surface area contributed by atoms with Crippen molar-refractivity contribution in [2.75, 3.05) is 7.11 Å². The third kappa shape index (κ3) is 11.5. The lowest BCUT2D eigenvalue weighted by Crippen LogP contribution is -2.45. The summed E-state index contributed by atoms with van der Waals surface area (Å²) in [6, 6.07) is 0. The van der Waals surface area contributed by atoms with E-state index in [0.717, 1.165) is 11.1 Å². The second-order valence-electron chi connectivity index (χ2n) is 12.0. The molecule has 3 N–H and O–H groups in total. The first-order valence-electron chi connectivity index (χ1n) is 14.8. The molecule has 7 heteroatoms. The molecule has 0 radical (unpaired) electrons. The highest BCUT2D eigenvalue weighted by molar-refractivity contribution is 5.92. The zero-order chi connectivity index (χ0) is 31.4. The van der Waals surface area contributed by atoms with Crippen molar-refractivity contribution < 1.29 is 34.4 Å². The van der Waals surface area contributed by atoms with Gasteiger partial charge in [-0.05, 0) is 51.7 Å². The number of esters is 1. The van der Waals surface area contributed by atoms with Gasteiger partial charge in [0.15, 0.2) is 5.78 Å². The largest absolute Gasteiger partial charge is 0.456 e. The van der Waals surface area contributed by atoms with Crippen LogP contribution in [0.2, 0.25) is 0 Å². The van der Waals surface area contributed by atoms with Crippen molar-refractivity contribution in [3.8, 4) is 0 Å². The minimum Gasteiger partial charge on any atom is -0.456 e. The molecule has 41 heavy (non-hydrogen) atoms. The minimum absolute atomic E-state index is 0.0316. The van der Waals surface area contributed by atoms with Crippen molar-refractivity contribution >= 4 is 11.8 Å². The molecule has 0 aromatic carbocycles. The quantitative estimate of drug-likeness (QED) is 0.246. The van der Waals surface area contributed by atoms with Gasteiger partial charge in [0, 0.05) is 36.4 Å². The van der Waals surface area contributed by atoms with Crippen LogP contribution < -0.4 is 0 Å². The molecule has 1 aliphatic rings. The Morgan fingerprint density at radius 1 is 1.17 bits per heavy atom. The summed E-state index contributed by atoms with van der Waals surface area (Å²) in [6.45, 7) is 16.6.